The molecule has 0 aromatic heterocycles. The van der Waals surface area contributed by atoms with E-state index in [1.54, 1.807) is 6.92 Å². The summed E-state index contributed by atoms with van der Waals surface area (Å²) in [5.74, 6) is -2.08. The minimum atomic E-state index is -4.83. The third-order valence-corrected chi connectivity index (χ3v) is 4.57. The zero-order valence-electron chi connectivity index (χ0n) is 18.1. The lowest BCUT2D eigenvalue weighted by Gasteiger charge is -2.14. The molecule has 174 valence electrons. The number of nitrogens with one attached hydrogen (secondary N) is 1. The van der Waals surface area contributed by atoms with Gasteiger partial charge >= 0.3 is 18.1 Å². The molecule has 1 N–H and O–H groups in total. The molecule has 31 heavy (non-hydrogen) atoms. The Morgan fingerprint density at radius 1 is 1.10 bits per heavy atom. The van der Waals surface area contributed by atoms with Crippen LogP contribution in [0.25, 0.3) is 0 Å². The number of alkyl halides is 3. The molecule has 1 heterocycles. The van der Waals surface area contributed by atoms with E-state index < -0.39 is 18.1 Å². The lowest BCUT2D eigenvalue weighted by Crippen LogP contribution is -2.41. The van der Waals surface area contributed by atoms with Gasteiger partial charge in [0.25, 0.3) is 0 Å². The maximum Gasteiger partial charge on any atom is 0.471 e. The standard InChI is InChI=1S/C23H32F3NO4/c1-18(27-22(29)23(24,25)26)14-11-9-7-5-3-4-6-8-10-12-15-19-20(31-19)16-13-17-21(28)30-2/h4-8,10,12,15,18-20H,3,9,11,13-14,16-17H2,1-2H3,(H,27,29)/b6-4-,7-5-,10-8+,15-12+/t18-,19+,20+/m1/s1. The molecule has 0 aromatic rings. The van der Waals surface area contributed by atoms with E-state index in [2.05, 4.69) is 4.74 Å². The third kappa shape index (κ3) is 13.5. The van der Waals surface area contributed by atoms with Crippen LogP contribution < -0.4 is 5.32 Å². The second-order valence-electron chi connectivity index (χ2n) is 7.32. The number of methoxy groups -OCH3 is 1. The number of amides is 1. The quantitative estimate of drug-likeness (QED) is 0.136. The van der Waals surface area contributed by atoms with Gasteiger partial charge in [0.1, 0.15) is 6.10 Å². The summed E-state index contributed by atoms with van der Waals surface area (Å²) in [6.07, 6.45) is 15.9. The molecule has 1 amide bonds. The van der Waals surface area contributed by atoms with E-state index >= 15 is 0 Å². The highest BCUT2D eigenvalue weighted by Gasteiger charge is 2.39. The Balaban J connectivity index is 2.03. The fourth-order valence-electron chi connectivity index (χ4n) is 2.78. The smallest absolute Gasteiger partial charge is 0.469 e. The molecular formula is C23H32F3NO4. The Hall–Kier alpha value is -2.35. The van der Waals surface area contributed by atoms with Crippen molar-refractivity contribution in [1.82, 2.24) is 5.32 Å². The average Bonchev–Trinajstić information content (AvgIpc) is 3.45. The minimum Gasteiger partial charge on any atom is -0.469 e. The van der Waals surface area contributed by atoms with Gasteiger partial charge in [0, 0.05) is 12.5 Å². The summed E-state index contributed by atoms with van der Waals surface area (Å²) >= 11 is 0. The van der Waals surface area contributed by atoms with Crippen molar-refractivity contribution in [3.05, 3.63) is 48.6 Å². The zero-order chi connectivity index (χ0) is 23.1. The Morgan fingerprint density at radius 2 is 1.84 bits per heavy atom. The van der Waals surface area contributed by atoms with E-state index in [1.165, 1.54) is 7.11 Å². The van der Waals surface area contributed by atoms with Gasteiger partial charge in [-0.05, 0) is 45.4 Å². The Bertz CT molecular complexity index is 668. The summed E-state index contributed by atoms with van der Waals surface area (Å²) < 4.78 is 46.5. The van der Waals surface area contributed by atoms with Crippen LogP contribution in [0.15, 0.2) is 48.6 Å². The molecule has 1 rings (SSSR count). The molecule has 1 fully saturated rings. The highest BCUT2D eigenvalue weighted by atomic mass is 19.4. The fourth-order valence-corrected chi connectivity index (χ4v) is 2.78. The van der Waals surface area contributed by atoms with Crippen molar-refractivity contribution in [3.63, 3.8) is 0 Å². The van der Waals surface area contributed by atoms with Crippen LogP contribution in [0.5, 0.6) is 0 Å². The predicted octanol–water partition coefficient (Wildman–Crippen LogP) is 4.95. The third-order valence-electron chi connectivity index (χ3n) is 4.57. The normalized spacial score (nSPS) is 20.2. The second-order valence-corrected chi connectivity index (χ2v) is 7.32. The van der Waals surface area contributed by atoms with Gasteiger partial charge < -0.3 is 14.8 Å². The molecule has 3 atom stereocenters. The molecule has 0 radical (unpaired) electrons. The number of unbranched alkanes of at least 4 members (excludes halogenated alkanes) is 1. The summed E-state index contributed by atoms with van der Waals surface area (Å²) in [5, 5.41) is 1.95. The van der Waals surface area contributed by atoms with Crippen LogP contribution in [0.1, 0.15) is 51.9 Å². The number of ether oxygens (including phenoxy) is 2. The number of hydrogen-bond donors (Lipinski definition) is 1. The van der Waals surface area contributed by atoms with E-state index in [4.69, 9.17) is 4.74 Å². The van der Waals surface area contributed by atoms with Crippen molar-refractivity contribution < 1.29 is 32.2 Å². The topological polar surface area (TPSA) is 67.9 Å². The number of rotatable bonds is 14. The van der Waals surface area contributed by atoms with Crippen LogP contribution in [-0.2, 0) is 19.1 Å². The lowest BCUT2D eigenvalue weighted by molar-refractivity contribution is -0.174. The Morgan fingerprint density at radius 3 is 2.55 bits per heavy atom. The van der Waals surface area contributed by atoms with Gasteiger partial charge in [0.05, 0.1) is 13.2 Å². The monoisotopic (exact) mass is 443 g/mol. The van der Waals surface area contributed by atoms with Crippen molar-refractivity contribution in [3.8, 4) is 0 Å². The van der Waals surface area contributed by atoms with Crippen LogP contribution in [0.4, 0.5) is 13.2 Å². The number of epoxide rings is 1. The van der Waals surface area contributed by atoms with Crippen LogP contribution in [0, 0.1) is 0 Å². The van der Waals surface area contributed by atoms with Gasteiger partial charge in [0.15, 0.2) is 0 Å². The molecule has 1 aliphatic heterocycles. The molecule has 1 aliphatic rings. The Kier molecular flexibility index (Phi) is 12.6. The molecule has 0 saturated carbocycles. The Labute approximate surface area is 182 Å². The molecule has 0 unspecified atom stereocenters. The number of carbonyl (C=O) groups excluding carboxylic acids is 2. The van der Waals surface area contributed by atoms with E-state index in [0.717, 1.165) is 25.7 Å². The van der Waals surface area contributed by atoms with Crippen LogP contribution >= 0.6 is 0 Å². The fraction of sp³-hybridized carbons (Fsp3) is 0.565. The first kappa shape index (κ1) is 26.7. The van der Waals surface area contributed by atoms with Crippen LogP contribution in [0.3, 0.4) is 0 Å². The van der Waals surface area contributed by atoms with Gasteiger partial charge in [-0.15, -0.1) is 0 Å². The minimum absolute atomic E-state index is 0.124. The first-order chi connectivity index (χ1) is 14.7. The molecule has 8 heteroatoms. The number of carbonyl (C=O) groups is 2. The molecule has 0 bridgehead atoms. The van der Waals surface area contributed by atoms with Crippen molar-refractivity contribution in [2.75, 3.05) is 7.11 Å². The van der Waals surface area contributed by atoms with Gasteiger partial charge in [-0.1, -0.05) is 48.6 Å². The van der Waals surface area contributed by atoms with Crippen molar-refractivity contribution in [2.24, 2.45) is 0 Å². The molecule has 0 aromatic carbocycles. The van der Waals surface area contributed by atoms with Crippen molar-refractivity contribution in [2.45, 2.75) is 76.3 Å². The predicted molar refractivity (Wildman–Crippen MR) is 113 cm³/mol. The summed E-state index contributed by atoms with van der Waals surface area (Å²) in [4.78, 5) is 21.8. The number of allylic oxidation sites excluding steroid dienone is 7. The molecule has 0 aliphatic carbocycles. The molecule has 1 saturated heterocycles. The summed E-state index contributed by atoms with van der Waals surface area (Å²) in [5.41, 5.74) is 0. The molecule has 0 spiro atoms. The number of halogens is 3. The first-order valence-corrected chi connectivity index (χ1v) is 10.5. The maximum atomic E-state index is 12.1. The van der Waals surface area contributed by atoms with Gasteiger partial charge in [-0.2, -0.15) is 13.2 Å². The highest BCUT2D eigenvalue weighted by Crippen LogP contribution is 2.28. The van der Waals surface area contributed by atoms with E-state index in [0.29, 0.717) is 19.3 Å². The zero-order valence-corrected chi connectivity index (χ0v) is 18.1. The van der Waals surface area contributed by atoms with Crippen molar-refractivity contribution >= 4 is 11.9 Å². The SMILES string of the molecule is COC(=O)CCC[C@@H]1O[C@H]1/C=C/C=C/C=C\C/C=C\CCC[C@@H](C)NC(=O)C(F)(F)F. The summed E-state index contributed by atoms with van der Waals surface area (Å²) in [6, 6.07) is -0.503. The molecular weight excluding hydrogens is 411 g/mol. The number of esters is 1. The lowest BCUT2D eigenvalue weighted by atomic mass is 10.1. The van der Waals surface area contributed by atoms with E-state index in [-0.39, 0.29) is 18.2 Å². The van der Waals surface area contributed by atoms with E-state index in [1.807, 2.05) is 53.9 Å². The summed E-state index contributed by atoms with van der Waals surface area (Å²) in [7, 11) is 1.39. The second kappa shape index (κ2) is 14.6. The van der Waals surface area contributed by atoms with Gasteiger partial charge in [-0.25, -0.2) is 0 Å². The highest BCUT2D eigenvalue weighted by molar-refractivity contribution is 5.81. The largest absolute Gasteiger partial charge is 0.471 e. The van der Waals surface area contributed by atoms with Crippen LogP contribution in [-0.4, -0.2) is 43.4 Å². The van der Waals surface area contributed by atoms with Crippen LogP contribution in [0.2, 0.25) is 0 Å². The van der Waals surface area contributed by atoms with E-state index in [9.17, 15) is 22.8 Å². The summed E-state index contributed by atoms with van der Waals surface area (Å²) in [6.45, 7) is 1.57. The first-order valence-electron chi connectivity index (χ1n) is 10.5. The number of hydrogen-bond acceptors (Lipinski definition) is 4. The average molecular weight is 444 g/mol. The van der Waals surface area contributed by atoms with Gasteiger partial charge in [-0.3, -0.25) is 9.59 Å². The van der Waals surface area contributed by atoms with Gasteiger partial charge in [0.2, 0.25) is 0 Å². The molecule has 5 nitrogen and oxygen atoms in total. The maximum absolute atomic E-state index is 12.1. The van der Waals surface area contributed by atoms with Crippen molar-refractivity contribution in [1.29, 1.82) is 0 Å².